The zero-order valence-corrected chi connectivity index (χ0v) is 9.99. The minimum atomic E-state index is -0.347. The van der Waals surface area contributed by atoms with Crippen molar-refractivity contribution in [3.63, 3.8) is 0 Å². The van der Waals surface area contributed by atoms with Gasteiger partial charge in [0.1, 0.15) is 0 Å². The number of primary amides is 1. The lowest BCUT2D eigenvalue weighted by atomic mass is 9.95. The molecule has 0 bridgehead atoms. The Kier molecular flexibility index (Phi) is 2.21. The molecule has 0 atom stereocenters. The number of hydrogen-bond donors (Lipinski definition) is 1. The van der Waals surface area contributed by atoms with Gasteiger partial charge in [0.05, 0.1) is 0 Å². The lowest BCUT2D eigenvalue weighted by Crippen LogP contribution is -2.10. The summed E-state index contributed by atoms with van der Waals surface area (Å²) >= 11 is 0. The fraction of sp³-hybridized carbons (Fsp3) is 0.357. The van der Waals surface area contributed by atoms with Gasteiger partial charge in [0, 0.05) is 29.2 Å². The van der Waals surface area contributed by atoms with Gasteiger partial charge in [-0.3, -0.25) is 4.79 Å². The molecule has 0 fully saturated rings. The molecule has 3 nitrogen and oxygen atoms in total. The third kappa shape index (κ3) is 1.46. The molecule has 1 aliphatic carbocycles. The summed E-state index contributed by atoms with van der Waals surface area (Å²) in [6.07, 6.45) is 4.77. The highest BCUT2D eigenvalue weighted by Crippen LogP contribution is 2.31. The monoisotopic (exact) mass is 228 g/mol. The quantitative estimate of drug-likeness (QED) is 0.798. The minimum absolute atomic E-state index is 0.347. The van der Waals surface area contributed by atoms with Gasteiger partial charge in [-0.2, -0.15) is 0 Å². The van der Waals surface area contributed by atoms with Crippen molar-refractivity contribution in [1.29, 1.82) is 0 Å². The first-order valence-corrected chi connectivity index (χ1v) is 6.08. The first kappa shape index (κ1) is 10.4. The standard InChI is InChI=1S/C14H16N2O/c1-16-12-5-3-2-4-10(12)11-8-9(14(15)17)6-7-13(11)16/h6-8H,2-5H2,1H3,(H2,15,17). The minimum Gasteiger partial charge on any atom is -0.366 e. The van der Waals surface area contributed by atoms with Gasteiger partial charge in [-0.05, 0) is 49.4 Å². The molecule has 0 unspecified atom stereocenters. The topological polar surface area (TPSA) is 48.0 Å². The maximum absolute atomic E-state index is 11.2. The van der Waals surface area contributed by atoms with Gasteiger partial charge in [-0.1, -0.05) is 0 Å². The van der Waals surface area contributed by atoms with Gasteiger partial charge in [-0.15, -0.1) is 0 Å². The van der Waals surface area contributed by atoms with Crippen molar-refractivity contribution < 1.29 is 4.79 Å². The number of aromatic nitrogens is 1. The third-order valence-electron chi connectivity index (χ3n) is 3.81. The van der Waals surface area contributed by atoms with Gasteiger partial charge >= 0.3 is 0 Å². The van der Waals surface area contributed by atoms with Crippen LogP contribution in [0.25, 0.3) is 10.9 Å². The second-order valence-corrected chi connectivity index (χ2v) is 4.79. The van der Waals surface area contributed by atoms with Crippen LogP contribution in [0.2, 0.25) is 0 Å². The molecule has 0 saturated heterocycles. The zero-order chi connectivity index (χ0) is 12.0. The second kappa shape index (κ2) is 3.62. The van der Waals surface area contributed by atoms with E-state index in [0.29, 0.717) is 5.56 Å². The number of amides is 1. The molecule has 1 amide bonds. The van der Waals surface area contributed by atoms with Gasteiger partial charge in [0.25, 0.3) is 0 Å². The van der Waals surface area contributed by atoms with E-state index >= 15 is 0 Å². The Balaban J connectivity index is 2.32. The molecular formula is C14H16N2O. The number of carbonyl (C=O) groups is 1. The maximum Gasteiger partial charge on any atom is 0.248 e. The van der Waals surface area contributed by atoms with Crippen molar-refractivity contribution >= 4 is 16.8 Å². The SMILES string of the molecule is Cn1c2c(c3cc(C(N)=O)ccc31)CCCC2. The maximum atomic E-state index is 11.2. The van der Waals surface area contributed by atoms with E-state index in [1.54, 1.807) is 0 Å². The molecule has 1 aromatic heterocycles. The van der Waals surface area contributed by atoms with E-state index < -0.39 is 0 Å². The Morgan fingerprint density at radius 2 is 2.06 bits per heavy atom. The molecule has 0 aliphatic heterocycles. The van der Waals surface area contributed by atoms with Crippen LogP contribution in [-0.4, -0.2) is 10.5 Å². The fourth-order valence-corrected chi connectivity index (χ4v) is 2.92. The largest absolute Gasteiger partial charge is 0.366 e. The number of nitrogens with two attached hydrogens (primary N) is 1. The van der Waals surface area contributed by atoms with E-state index in [-0.39, 0.29) is 5.91 Å². The predicted molar refractivity (Wildman–Crippen MR) is 68.1 cm³/mol. The van der Waals surface area contributed by atoms with Gasteiger partial charge in [0.15, 0.2) is 0 Å². The Labute approximate surface area is 100 Å². The number of carbonyl (C=O) groups excluding carboxylic acids is 1. The summed E-state index contributed by atoms with van der Waals surface area (Å²) in [6.45, 7) is 0. The zero-order valence-electron chi connectivity index (χ0n) is 9.99. The summed E-state index contributed by atoms with van der Waals surface area (Å²) < 4.78 is 2.26. The molecule has 0 spiro atoms. The van der Waals surface area contributed by atoms with Crippen LogP contribution >= 0.6 is 0 Å². The predicted octanol–water partition coefficient (Wildman–Crippen LogP) is 2.16. The Bertz CT molecular complexity index is 610. The van der Waals surface area contributed by atoms with E-state index in [0.717, 1.165) is 12.8 Å². The lowest BCUT2D eigenvalue weighted by molar-refractivity contribution is 0.100. The molecule has 88 valence electrons. The molecule has 2 aromatic rings. The molecule has 3 rings (SSSR count). The number of fused-ring (bicyclic) bond motifs is 3. The summed E-state index contributed by atoms with van der Waals surface area (Å²) in [4.78, 5) is 11.2. The van der Waals surface area contributed by atoms with Crippen molar-refractivity contribution in [2.45, 2.75) is 25.7 Å². The van der Waals surface area contributed by atoms with E-state index in [1.807, 2.05) is 18.2 Å². The summed E-state index contributed by atoms with van der Waals surface area (Å²) in [5, 5.41) is 1.21. The van der Waals surface area contributed by atoms with Crippen LogP contribution in [0.4, 0.5) is 0 Å². The van der Waals surface area contributed by atoms with Crippen LogP contribution in [-0.2, 0) is 19.9 Å². The Morgan fingerprint density at radius 1 is 1.29 bits per heavy atom. The average Bonchev–Trinajstić information content (AvgIpc) is 2.64. The highest BCUT2D eigenvalue weighted by Gasteiger charge is 2.18. The third-order valence-corrected chi connectivity index (χ3v) is 3.81. The van der Waals surface area contributed by atoms with Crippen molar-refractivity contribution in [2.75, 3.05) is 0 Å². The van der Waals surface area contributed by atoms with Crippen molar-refractivity contribution in [2.24, 2.45) is 12.8 Å². The number of aryl methyl sites for hydroxylation is 2. The summed E-state index contributed by atoms with van der Waals surface area (Å²) in [6, 6.07) is 5.77. The number of hydrogen-bond acceptors (Lipinski definition) is 1. The Morgan fingerprint density at radius 3 is 2.82 bits per heavy atom. The van der Waals surface area contributed by atoms with Crippen LogP contribution in [0.1, 0.15) is 34.5 Å². The number of rotatable bonds is 1. The molecule has 2 N–H and O–H groups in total. The number of benzene rings is 1. The summed E-state index contributed by atoms with van der Waals surface area (Å²) in [5.41, 5.74) is 10.00. The van der Waals surface area contributed by atoms with Gasteiger partial charge in [-0.25, -0.2) is 0 Å². The fourth-order valence-electron chi connectivity index (χ4n) is 2.92. The number of nitrogens with zero attached hydrogens (tertiary/aromatic N) is 1. The van der Waals surface area contributed by atoms with Crippen LogP contribution in [0.15, 0.2) is 18.2 Å². The van der Waals surface area contributed by atoms with Gasteiger partial charge < -0.3 is 10.3 Å². The van der Waals surface area contributed by atoms with Crippen LogP contribution in [0.5, 0.6) is 0 Å². The Hall–Kier alpha value is -1.77. The smallest absolute Gasteiger partial charge is 0.248 e. The van der Waals surface area contributed by atoms with E-state index in [4.69, 9.17) is 5.73 Å². The highest BCUT2D eigenvalue weighted by molar-refractivity contribution is 5.98. The van der Waals surface area contributed by atoms with Gasteiger partial charge in [0.2, 0.25) is 5.91 Å². The normalized spacial score (nSPS) is 14.9. The molecule has 17 heavy (non-hydrogen) atoms. The highest BCUT2D eigenvalue weighted by atomic mass is 16.1. The first-order chi connectivity index (χ1) is 8.18. The summed E-state index contributed by atoms with van der Waals surface area (Å²) in [5.74, 6) is -0.347. The first-order valence-electron chi connectivity index (χ1n) is 6.08. The molecule has 0 saturated carbocycles. The molecule has 0 radical (unpaired) electrons. The second-order valence-electron chi connectivity index (χ2n) is 4.79. The average molecular weight is 228 g/mol. The van der Waals surface area contributed by atoms with E-state index in [2.05, 4.69) is 11.6 Å². The summed E-state index contributed by atoms with van der Waals surface area (Å²) in [7, 11) is 2.11. The molecular weight excluding hydrogens is 212 g/mol. The van der Waals surface area contributed by atoms with Crippen LogP contribution in [0, 0.1) is 0 Å². The molecule has 1 aliphatic rings. The van der Waals surface area contributed by atoms with E-state index in [9.17, 15) is 4.79 Å². The van der Waals surface area contributed by atoms with Crippen molar-refractivity contribution in [3.05, 3.63) is 35.0 Å². The van der Waals surface area contributed by atoms with Crippen molar-refractivity contribution in [1.82, 2.24) is 4.57 Å². The van der Waals surface area contributed by atoms with E-state index in [1.165, 1.54) is 35.0 Å². The lowest BCUT2D eigenvalue weighted by Gasteiger charge is -2.12. The van der Waals surface area contributed by atoms with Crippen LogP contribution in [0.3, 0.4) is 0 Å². The molecule has 3 heteroatoms. The van der Waals surface area contributed by atoms with Crippen molar-refractivity contribution in [3.8, 4) is 0 Å². The molecule has 1 aromatic carbocycles. The van der Waals surface area contributed by atoms with Crippen LogP contribution < -0.4 is 5.73 Å². The molecule has 1 heterocycles.